The van der Waals surface area contributed by atoms with Gasteiger partial charge in [0.25, 0.3) is 0 Å². The van der Waals surface area contributed by atoms with Gasteiger partial charge in [-0.05, 0) is 42.0 Å². The second kappa shape index (κ2) is 10.5. The Morgan fingerprint density at radius 1 is 1.03 bits per heavy atom. The minimum Gasteiger partial charge on any atom is -0.338 e. The Morgan fingerprint density at radius 2 is 1.82 bits per heavy atom. The number of pyridine rings is 1. The number of piperazine rings is 1. The van der Waals surface area contributed by atoms with Crippen LogP contribution in [0.2, 0.25) is 5.02 Å². The summed E-state index contributed by atoms with van der Waals surface area (Å²) in [4.78, 5) is 25.1. The fourth-order valence-corrected chi connectivity index (χ4v) is 3.82. The third kappa shape index (κ3) is 5.59. The molecule has 0 radical (unpaired) electrons. The number of nitrogens with zero attached hydrogens (tertiary/aromatic N) is 5. The van der Waals surface area contributed by atoms with Crippen molar-refractivity contribution in [1.29, 1.82) is 5.26 Å². The predicted molar refractivity (Wildman–Crippen MR) is 129 cm³/mol. The predicted octanol–water partition coefficient (Wildman–Crippen LogP) is 4.57. The van der Waals surface area contributed by atoms with Gasteiger partial charge in [0.1, 0.15) is 0 Å². The molecule has 1 aliphatic rings. The fourth-order valence-electron chi connectivity index (χ4n) is 3.70. The number of anilines is 2. The molecule has 0 aliphatic carbocycles. The highest BCUT2D eigenvalue weighted by atomic mass is 35.5. The van der Waals surface area contributed by atoms with Gasteiger partial charge < -0.3 is 20.4 Å². The maximum absolute atomic E-state index is 13.2. The van der Waals surface area contributed by atoms with Crippen molar-refractivity contribution >= 4 is 35.0 Å². The molecule has 2 amide bonds. The van der Waals surface area contributed by atoms with Crippen molar-refractivity contribution in [1.82, 2.24) is 14.8 Å². The summed E-state index contributed by atoms with van der Waals surface area (Å²) >= 11 is 5.96. The van der Waals surface area contributed by atoms with E-state index >= 15 is 0 Å². The van der Waals surface area contributed by atoms with Crippen molar-refractivity contribution in [3.8, 4) is 6.19 Å². The van der Waals surface area contributed by atoms with E-state index in [-0.39, 0.29) is 12.1 Å². The van der Waals surface area contributed by atoms with Gasteiger partial charge in [0.2, 0.25) is 12.2 Å². The van der Waals surface area contributed by atoms with Gasteiger partial charge in [0, 0.05) is 36.5 Å². The molecule has 2 N–H and O–H groups in total. The van der Waals surface area contributed by atoms with Gasteiger partial charge in [-0.25, -0.2) is 4.79 Å². The van der Waals surface area contributed by atoms with E-state index in [9.17, 15) is 10.1 Å². The van der Waals surface area contributed by atoms with Crippen LogP contribution in [-0.4, -0.2) is 46.4 Å². The minimum atomic E-state index is -0.244. The van der Waals surface area contributed by atoms with Crippen molar-refractivity contribution in [3.63, 3.8) is 0 Å². The molecule has 9 heteroatoms. The van der Waals surface area contributed by atoms with E-state index in [1.165, 1.54) is 0 Å². The van der Waals surface area contributed by atoms with E-state index in [1.54, 1.807) is 47.6 Å². The standard InChI is InChI=1S/C24H22ClN7O/c25-19-8-10-20(11-9-19)30-24(33)32-14-13-31(16-22(32)18-5-2-1-3-6-18)23(28-17-26)29-21-7-4-12-27-15-21/h1-12,15,22H,13-14,16H2,(H,28,29)(H,30,33). The number of nitriles is 1. The average molecular weight is 460 g/mol. The third-order valence-electron chi connectivity index (χ3n) is 5.29. The largest absolute Gasteiger partial charge is 0.338 e. The Hall–Kier alpha value is -4.09. The fraction of sp³-hybridized carbons (Fsp3) is 0.167. The molecular formula is C24H22ClN7O. The Bertz CT molecular complexity index is 1150. The molecule has 2 heterocycles. The molecule has 1 saturated heterocycles. The number of amides is 2. The van der Waals surface area contributed by atoms with Crippen molar-refractivity contribution in [2.24, 2.45) is 4.99 Å². The van der Waals surface area contributed by atoms with Gasteiger partial charge in [-0.2, -0.15) is 5.26 Å². The van der Waals surface area contributed by atoms with E-state index < -0.39 is 0 Å². The van der Waals surface area contributed by atoms with Crippen LogP contribution in [0.25, 0.3) is 0 Å². The van der Waals surface area contributed by atoms with Crippen LogP contribution in [0.1, 0.15) is 11.6 Å². The first-order valence-corrected chi connectivity index (χ1v) is 10.8. The van der Waals surface area contributed by atoms with Crippen LogP contribution in [0.15, 0.2) is 84.1 Å². The first kappa shape index (κ1) is 22.1. The number of aromatic nitrogens is 1. The smallest absolute Gasteiger partial charge is 0.322 e. The molecule has 1 aromatic heterocycles. The number of nitrogens with one attached hydrogen (secondary N) is 2. The molecule has 2 aromatic carbocycles. The van der Waals surface area contributed by atoms with Crippen molar-refractivity contribution in [3.05, 3.63) is 89.7 Å². The van der Waals surface area contributed by atoms with Crippen LogP contribution in [0.4, 0.5) is 16.2 Å². The number of urea groups is 1. The SMILES string of the molecule is N#C/N=C(/Nc1cccnc1)N1CCN(C(=O)Nc2ccc(Cl)cc2)C(c2ccccc2)C1. The minimum absolute atomic E-state index is 0.204. The lowest BCUT2D eigenvalue weighted by molar-refractivity contribution is 0.136. The van der Waals surface area contributed by atoms with Crippen molar-refractivity contribution < 1.29 is 4.79 Å². The van der Waals surface area contributed by atoms with Crippen LogP contribution < -0.4 is 10.6 Å². The molecule has 0 bridgehead atoms. The first-order valence-electron chi connectivity index (χ1n) is 10.4. The number of rotatable bonds is 3. The highest BCUT2D eigenvalue weighted by Crippen LogP contribution is 2.27. The Kier molecular flexibility index (Phi) is 7.03. The number of hydrogen-bond donors (Lipinski definition) is 2. The van der Waals surface area contributed by atoms with Gasteiger partial charge in [-0.15, -0.1) is 4.99 Å². The summed E-state index contributed by atoms with van der Waals surface area (Å²) in [6.45, 7) is 1.41. The lowest BCUT2D eigenvalue weighted by atomic mass is 10.0. The van der Waals surface area contributed by atoms with Gasteiger partial charge in [-0.3, -0.25) is 4.98 Å². The summed E-state index contributed by atoms with van der Waals surface area (Å²) in [6.07, 6.45) is 5.21. The van der Waals surface area contributed by atoms with E-state index in [4.69, 9.17) is 11.6 Å². The van der Waals surface area contributed by atoms with Crippen molar-refractivity contribution in [2.75, 3.05) is 30.3 Å². The van der Waals surface area contributed by atoms with E-state index in [0.29, 0.717) is 36.3 Å². The molecule has 0 spiro atoms. The highest BCUT2D eigenvalue weighted by Gasteiger charge is 2.33. The molecule has 0 saturated carbocycles. The molecule has 1 aliphatic heterocycles. The summed E-state index contributed by atoms with van der Waals surface area (Å²) in [5, 5.41) is 16.0. The van der Waals surface area contributed by atoms with Crippen LogP contribution in [-0.2, 0) is 0 Å². The van der Waals surface area contributed by atoms with Crippen molar-refractivity contribution in [2.45, 2.75) is 6.04 Å². The number of carbonyl (C=O) groups excluding carboxylic acids is 1. The van der Waals surface area contributed by atoms with Crippen LogP contribution in [0.3, 0.4) is 0 Å². The van der Waals surface area contributed by atoms with E-state index in [2.05, 4.69) is 20.6 Å². The molecule has 8 nitrogen and oxygen atoms in total. The van der Waals surface area contributed by atoms with E-state index in [0.717, 1.165) is 11.3 Å². The summed E-state index contributed by atoms with van der Waals surface area (Å²) < 4.78 is 0. The summed E-state index contributed by atoms with van der Waals surface area (Å²) in [6, 6.07) is 20.0. The summed E-state index contributed by atoms with van der Waals surface area (Å²) in [7, 11) is 0. The molecular weight excluding hydrogens is 438 g/mol. The Labute approximate surface area is 197 Å². The van der Waals surface area contributed by atoms with Crippen LogP contribution in [0, 0.1) is 11.5 Å². The molecule has 1 atom stereocenters. The zero-order valence-electron chi connectivity index (χ0n) is 17.7. The van der Waals surface area contributed by atoms with Crippen LogP contribution >= 0.6 is 11.6 Å². The molecule has 166 valence electrons. The monoisotopic (exact) mass is 459 g/mol. The molecule has 4 rings (SSSR count). The Balaban J connectivity index is 1.56. The molecule has 1 fully saturated rings. The number of hydrogen-bond acceptors (Lipinski definition) is 4. The maximum atomic E-state index is 13.2. The topological polar surface area (TPSA) is 96.7 Å². The van der Waals surface area contributed by atoms with Gasteiger partial charge >= 0.3 is 6.03 Å². The lowest BCUT2D eigenvalue weighted by Crippen LogP contribution is -2.54. The molecule has 33 heavy (non-hydrogen) atoms. The second-order valence-electron chi connectivity index (χ2n) is 7.41. The lowest BCUT2D eigenvalue weighted by Gasteiger charge is -2.42. The van der Waals surface area contributed by atoms with Gasteiger partial charge in [0.05, 0.1) is 17.9 Å². The number of aliphatic imine (C=N–C) groups is 1. The zero-order chi connectivity index (χ0) is 23.0. The summed E-state index contributed by atoms with van der Waals surface area (Å²) in [5.41, 5.74) is 2.39. The number of carbonyl (C=O) groups is 1. The second-order valence-corrected chi connectivity index (χ2v) is 7.84. The maximum Gasteiger partial charge on any atom is 0.322 e. The quantitative estimate of drug-likeness (QED) is 0.339. The molecule has 1 unspecified atom stereocenters. The van der Waals surface area contributed by atoms with E-state index in [1.807, 2.05) is 47.5 Å². The molecule has 3 aromatic rings. The zero-order valence-corrected chi connectivity index (χ0v) is 18.5. The number of guanidine groups is 1. The normalized spacial score (nSPS) is 16.1. The van der Waals surface area contributed by atoms with Crippen LogP contribution in [0.5, 0.6) is 0 Å². The van der Waals surface area contributed by atoms with Gasteiger partial charge in [-0.1, -0.05) is 41.9 Å². The highest BCUT2D eigenvalue weighted by molar-refractivity contribution is 6.30. The Morgan fingerprint density at radius 3 is 2.52 bits per heavy atom. The van der Waals surface area contributed by atoms with Gasteiger partial charge in [0.15, 0.2) is 0 Å². The number of benzene rings is 2. The number of halogens is 1. The third-order valence-corrected chi connectivity index (χ3v) is 5.55. The summed E-state index contributed by atoms with van der Waals surface area (Å²) in [5.74, 6) is 0.421. The average Bonchev–Trinajstić information content (AvgIpc) is 2.86. The first-order chi connectivity index (χ1) is 16.1.